The Morgan fingerprint density at radius 1 is 1.06 bits per heavy atom. The van der Waals surface area contributed by atoms with E-state index in [9.17, 15) is 9.18 Å². The van der Waals surface area contributed by atoms with Crippen LogP contribution in [-0.2, 0) is 16.0 Å². The van der Waals surface area contributed by atoms with Crippen LogP contribution in [0.1, 0.15) is 41.6 Å². The van der Waals surface area contributed by atoms with Gasteiger partial charge in [0.25, 0.3) is 0 Å². The minimum Gasteiger partial charge on any atom is -0.497 e. The predicted octanol–water partition coefficient (Wildman–Crippen LogP) is 5.73. The predicted molar refractivity (Wildman–Crippen MR) is 122 cm³/mol. The number of rotatable bonds is 7. The lowest BCUT2D eigenvalue weighted by molar-refractivity contribution is -0.141. The van der Waals surface area contributed by atoms with Crippen LogP contribution >= 0.6 is 0 Å². The molecule has 7 heteroatoms. The molecule has 176 valence electrons. The average molecular weight is 464 g/mol. The number of benzene rings is 3. The van der Waals surface area contributed by atoms with E-state index in [4.69, 9.17) is 23.7 Å². The summed E-state index contributed by atoms with van der Waals surface area (Å²) < 4.78 is 42.9. The molecule has 6 nitrogen and oxygen atoms in total. The molecule has 1 heterocycles. The van der Waals surface area contributed by atoms with Crippen molar-refractivity contribution in [3.63, 3.8) is 0 Å². The number of hydrogen-bond acceptors (Lipinski definition) is 6. The molecule has 0 unspecified atom stereocenters. The first-order chi connectivity index (χ1) is 16.6. The maximum atomic E-state index is 14.9. The van der Waals surface area contributed by atoms with Gasteiger partial charge in [-0.25, -0.2) is 4.39 Å². The molecule has 2 aliphatic rings. The molecular formula is C27H25FO6. The van der Waals surface area contributed by atoms with Gasteiger partial charge in [0.15, 0.2) is 0 Å². The molecule has 34 heavy (non-hydrogen) atoms. The van der Waals surface area contributed by atoms with Crippen LogP contribution in [-0.4, -0.2) is 26.8 Å². The third-order valence-corrected chi connectivity index (χ3v) is 6.29. The van der Waals surface area contributed by atoms with Crippen molar-refractivity contribution in [1.82, 2.24) is 0 Å². The van der Waals surface area contributed by atoms with Gasteiger partial charge in [0.05, 0.1) is 27.2 Å². The number of methoxy groups -OCH3 is 2. The van der Waals surface area contributed by atoms with Gasteiger partial charge >= 0.3 is 5.97 Å². The monoisotopic (exact) mass is 464 g/mol. The highest BCUT2D eigenvalue weighted by atomic mass is 19.1. The fourth-order valence-corrected chi connectivity index (χ4v) is 4.60. The molecule has 0 saturated carbocycles. The molecule has 3 aromatic carbocycles. The molecule has 0 saturated heterocycles. The highest BCUT2D eigenvalue weighted by Crippen LogP contribution is 2.44. The number of ether oxygens (including phenoxy) is 5. The molecule has 0 amide bonds. The minimum absolute atomic E-state index is 0.0440. The second-order valence-corrected chi connectivity index (χ2v) is 8.35. The number of carbonyl (C=O) groups excluding carboxylic acids is 1. The highest BCUT2D eigenvalue weighted by molar-refractivity contribution is 5.71. The second-order valence-electron chi connectivity index (χ2n) is 8.35. The minimum atomic E-state index is -0.436. The number of hydrogen-bond donors (Lipinski definition) is 0. The zero-order valence-electron chi connectivity index (χ0n) is 19.0. The van der Waals surface area contributed by atoms with E-state index in [1.165, 1.54) is 13.2 Å². The summed E-state index contributed by atoms with van der Waals surface area (Å²) in [6.07, 6.45) is 1.10. The summed E-state index contributed by atoms with van der Waals surface area (Å²) in [7, 11) is 2.97. The Hall–Kier alpha value is -3.74. The third-order valence-electron chi connectivity index (χ3n) is 6.29. The van der Waals surface area contributed by atoms with E-state index in [0.717, 1.165) is 11.1 Å². The normalized spacial score (nSPS) is 18.0. The van der Waals surface area contributed by atoms with Crippen LogP contribution in [0.3, 0.4) is 0 Å². The van der Waals surface area contributed by atoms with Gasteiger partial charge in [-0.05, 0) is 43.2 Å². The van der Waals surface area contributed by atoms with Crippen molar-refractivity contribution in [2.45, 2.75) is 31.3 Å². The maximum Gasteiger partial charge on any atom is 0.306 e. The van der Waals surface area contributed by atoms with Crippen molar-refractivity contribution in [3.8, 4) is 28.7 Å². The van der Waals surface area contributed by atoms with E-state index < -0.39 is 6.10 Å². The van der Waals surface area contributed by atoms with Crippen molar-refractivity contribution in [2.75, 3.05) is 20.8 Å². The van der Waals surface area contributed by atoms with E-state index >= 15 is 0 Å². The van der Waals surface area contributed by atoms with Crippen LogP contribution in [0, 0.1) is 5.82 Å². The lowest BCUT2D eigenvalue weighted by Crippen LogP contribution is -2.09. The van der Waals surface area contributed by atoms with Gasteiger partial charge in [0, 0.05) is 34.7 Å². The summed E-state index contributed by atoms with van der Waals surface area (Å²) in [6.45, 7) is 0.416. The fourth-order valence-electron chi connectivity index (χ4n) is 4.60. The Morgan fingerprint density at radius 2 is 1.91 bits per heavy atom. The molecule has 0 radical (unpaired) electrons. The van der Waals surface area contributed by atoms with Crippen LogP contribution in [0.2, 0.25) is 0 Å². The molecule has 0 bridgehead atoms. The first kappa shape index (κ1) is 22.1. The number of carbonyl (C=O) groups is 1. The Bertz CT molecular complexity index is 1220. The number of esters is 1. The van der Waals surface area contributed by atoms with E-state index in [1.54, 1.807) is 25.3 Å². The van der Waals surface area contributed by atoms with Gasteiger partial charge in [-0.3, -0.25) is 4.79 Å². The SMILES string of the molecule is COC(=O)C[C@@H]1COc2cc(O[C@@H]3CCc4c(Oc5cccc(OC)c5)ccc(F)c43)ccc21. The standard InChI is InChI=1S/C27H25FO6/c1-30-17-4-3-5-18(13-17)33-23-11-9-22(28)27-21(23)8-10-24(27)34-19-6-7-20-16(12-26(29)31-2)15-32-25(20)14-19/h3-7,9,11,13-14,16,24H,8,10,12,15H2,1-2H3/t16-,24-/m1/s1. The van der Waals surface area contributed by atoms with Crippen LogP contribution in [0.5, 0.6) is 28.7 Å². The zero-order valence-corrected chi connectivity index (χ0v) is 19.0. The smallest absolute Gasteiger partial charge is 0.306 e. The highest BCUT2D eigenvalue weighted by Gasteiger charge is 2.32. The quantitative estimate of drug-likeness (QED) is 0.416. The molecule has 0 spiro atoms. The van der Waals surface area contributed by atoms with Gasteiger partial charge in [-0.2, -0.15) is 0 Å². The molecule has 1 aliphatic heterocycles. The van der Waals surface area contributed by atoms with Gasteiger partial charge in [0.1, 0.15) is 40.7 Å². The first-order valence-electron chi connectivity index (χ1n) is 11.2. The summed E-state index contributed by atoms with van der Waals surface area (Å²) >= 11 is 0. The molecular weight excluding hydrogens is 439 g/mol. The lowest BCUT2D eigenvalue weighted by Gasteiger charge is -2.17. The summed E-state index contributed by atoms with van der Waals surface area (Å²) in [5.41, 5.74) is 2.28. The van der Waals surface area contributed by atoms with Crippen molar-refractivity contribution in [1.29, 1.82) is 0 Å². The molecule has 5 rings (SSSR count). The van der Waals surface area contributed by atoms with Crippen molar-refractivity contribution in [2.24, 2.45) is 0 Å². The van der Waals surface area contributed by atoms with E-state index in [-0.39, 0.29) is 24.1 Å². The Morgan fingerprint density at radius 3 is 2.74 bits per heavy atom. The lowest BCUT2D eigenvalue weighted by atomic mass is 9.98. The zero-order chi connectivity index (χ0) is 23.7. The van der Waals surface area contributed by atoms with Gasteiger partial charge < -0.3 is 23.7 Å². The second kappa shape index (κ2) is 9.25. The molecule has 0 aromatic heterocycles. The average Bonchev–Trinajstić information content (AvgIpc) is 3.46. The van der Waals surface area contributed by atoms with E-state index in [0.29, 0.717) is 53.8 Å². The molecule has 3 aromatic rings. The fraction of sp³-hybridized carbons (Fsp3) is 0.296. The number of fused-ring (bicyclic) bond motifs is 2. The number of halogens is 1. The summed E-state index contributed by atoms with van der Waals surface area (Å²) in [5.74, 6) is 2.56. The maximum absolute atomic E-state index is 14.9. The van der Waals surface area contributed by atoms with Gasteiger partial charge in [-0.1, -0.05) is 12.1 Å². The van der Waals surface area contributed by atoms with Gasteiger partial charge in [-0.15, -0.1) is 0 Å². The summed E-state index contributed by atoms with van der Waals surface area (Å²) in [5, 5.41) is 0. The van der Waals surface area contributed by atoms with Crippen molar-refractivity contribution in [3.05, 3.63) is 77.1 Å². The van der Waals surface area contributed by atoms with Crippen LogP contribution < -0.4 is 18.9 Å². The molecule has 0 fully saturated rings. The van der Waals surface area contributed by atoms with Crippen LogP contribution in [0.15, 0.2) is 54.6 Å². The molecule has 0 N–H and O–H groups in total. The Labute approximate surface area is 197 Å². The first-order valence-corrected chi connectivity index (χ1v) is 11.2. The van der Waals surface area contributed by atoms with E-state index in [2.05, 4.69) is 0 Å². The molecule has 1 aliphatic carbocycles. The van der Waals surface area contributed by atoms with Gasteiger partial charge in [0.2, 0.25) is 0 Å². The van der Waals surface area contributed by atoms with Crippen molar-refractivity contribution >= 4 is 5.97 Å². The summed E-state index contributed by atoms with van der Waals surface area (Å²) in [4.78, 5) is 11.6. The Kier molecular flexibility index (Phi) is 6.01. The summed E-state index contributed by atoms with van der Waals surface area (Å²) in [6, 6.07) is 15.9. The topological polar surface area (TPSA) is 63.2 Å². The molecule has 2 atom stereocenters. The van der Waals surface area contributed by atoms with Crippen LogP contribution in [0.4, 0.5) is 4.39 Å². The third kappa shape index (κ3) is 4.25. The largest absolute Gasteiger partial charge is 0.497 e. The Balaban J connectivity index is 1.35. The van der Waals surface area contributed by atoms with Crippen molar-refractivity contribution < 1.29 is 32.9 Å². The van der Waals surface area contributed by atoms with E-state index in [1.807, 2.05) is 30.3 Å². The van der Waals surface area contributed by atoms with Crippen LogP contribution in [0.25, 0.3) is 0 Å².